The Kier molecular flexibility index (Phi) is 7.98. The van der Waals surface area contributed by atoms with Crippen molar-refractivity contribution in [3.05, 3.63) is 71.2 Å². The highest BCUT2D eigenvalue weighted by molar-refractivity contribution is 5.96. The molecule has 0 spiro atoms. The molecule has 2 aromatic carbocycles. The summed E-state index contributed by atoms with van der Waals surface area (Å²) in [6.45, 7) is 2.55. The minimum Gasteiger partial charge on any atom is -0.447 e. The van der Waals surface area contributed by atoms with E-state index in [4.69, 9.17) is 4.74 Å². The Labute approximate surface area is 229 Å². The molecule has 1 amide bonds. The quantitative estimate of drug-likeness (QED) is 0.145. The van der Waals surface area contributed by atoms with E-state index in [0.717, 1.165) is 41.9 Å². The van der Waals surface area contributed by atoms with Crippen LogP contribution >= 0.6 is 0 Å². The van der Waals surface area contributed by atoms with Crippen LogP contribution in [-0.2, 0) is 20.5 Å². The summed E-state index contributed by atoms with van der Waals surface area (Å²) in [5.41, 5.74) is -1.52. The van der Waals surface area contributed by atoms with Crippen molar-refractivity contribution in [3.8, 4) is 5.69 Å². The summed E-state index contributed by atoms with van der Waals surface area (Å²) in [6, 6.07) is 5.69. The van der Waals surface area contributed by atoms with Crippen molar-refractivity contribution in [2.24, 2.45) is 4.99 Å². The Morgan fingerprint density at radius 1 is 1.12 bits per heavy atom. The highest BCUT2D eigenvalue weighted by atomic mass is 19.4. The third kappa shape index (κ3) is 6.13. The molecule has 0 aliphatic rings. The topological polar surface area (TPSA) is 115 Å². The SMILES string of the molecule is CC(=O)OC(C(=O)Nc1ccc(-n2nc(C)c3ncnc(N=CN(C)C)c32)c(F)c1F)c1cccc(C(F)(F)F)c1. The van der Waals surface area contributed by atoms with E-state index in [1.54, 1.807) is 25.9 Å². The molecule has 1 N–H and O–H groups in total. The minimum absolute atomic E-state index is 0.131. The van der Waals surface area contributed by atoms with E-state index < -0.39 is 47.0 Å². The molecule has 0 saturated heterocycles. The maximum atomic E-state index is 15.4. The number of benzene rings is 2. The number of ether oxygens (including phenoxy) is 1. The lowest BCUT2D eigenvalue weighted by Crippen LogP contribution is -2.26. The highest BCUT2D eigenvalue weighted by Crippen LogP contribution is 2.33. The number of nitrogens with one attached hydrogen (secondary N) is 1. The fourth-order valence-electron chi connectivity index (χ4n) is 3.83. The van der Waals surface area contributed by atoms with Crippen LogP contribution < -0.4 is 5.32 Å². The second kappa shape index (κ2) is 11.3. The maximum Gasteiger partial charge on any atom is 0.416 e. The predicted octanol–water partition coefficient (Wildman–Crippen LogP) is 4.89. The van der Waals surface area contributed by atoms with Crippen molar-refractivity contribution >= 4 is 40.8 Å². The average Bonchev–Trinajstić information content (AvgIpc) is 3.25. The summed E-state index contributed by atoms with van der Waals surface area (Å²) in [4.78, 5) is 38.7. The fraction of sp³-hybridized carbons (Fsp3) is 0.231. The van der Waals surface area contributed by atoms with Gasteiger partial charge in [0.15, 0.2) is 17.5 Å². The summed E-state index contributed by atoms with van der Waals surface area (Å²) in [7, 11) is 3.46. The molecular formula is C26H22F5N7O3. The molecule has 15 heteroatoms. The van der Waals surface area contributed by atoms with Crippen LogP contribution in [0, 0.1) is 18.6 Å². The largest absolute Gasteiger partial charge is 0.447 e. The lowest BCUT2D eigenvalue weighted by Gasteiger charge is -2.19. The van der Waals surface area contributed by atoms with E-state index in [1.807, 2.05) is 0 Å². The Morgan fingerprint density at radius 3 is 2.51 bits per heavy atom. The summed E-state index contributed by atoms with van der Waals surface area (Å²) < 4.78 is 76.3. The van der Waals surface area contributed by atoms with Gasteiger partial charge < -0.3 is 15.0 Å². The third-order valence-corrected chi connectivity index (χ3v) is 5.61. The van der Waals surface area contributed by atoms with Gasteiger partial charge in [0, 0.05) is 26.6 Å². The maximum absolute atomic E-state index is 15.4. The molecular weight excluding hydrogens is 553 g/mol. The van der Waals surface area contributed by atoms with Crippen LogP contribution in [0.2, 0.25) is 0 Å². The number of nitrogens with zero attached hydrogens (tertiary/aromatic N) is 6. The molecule has 4 rings (SSSR count). The number of esters is 1. The standard InChI is InChI=1S/C26H22F5N7O3/c1-13-21-22(24(33-11-32-21)34-12-37(3)4)38(36-13)18-9-8-17(19(27)20(18)28)35-25(40)23(41-14(2)39)15-6-5-7-16(10-15)26(29,30)31/h5-12,23H,1-4H3,(H,35,40). The third-order valence-electron chi connectivity index (χ3n) is 5.61. The number of anilines is 1. The van der Waals surface area contributed by atoms with Gasteiger partial charge in [0.05, 0.1) is 23.3 Å². The number of carbonyl (C=O) groups is 2. The van der Waals surface area contributed by atoms with Crippen LogP contribution in [0.5, 0.6) is 0 Å². The zero-order valence-electron chi connectivity index (χ0n) is 22.0. The second-order valence-electron chi connectivity index (χ2n) is 8.96. The number of halogens is 5. The molecule has 0 aliphatic carbocycles. The van der Waals surface area contributed by atoms with Crippen LogP contribution in [0.25, 0.3) is 16.7 Å². The van der Waals surface area contributed by atoms with Crippen LogP contribution in [0.4, 0.5) is 33.5 Å². The van der Waals surface area contributed by atoms with E-state index in [2.05, 4.69) is 25.4 Å². The number of hydrogen-bond acceptors (Lipinski definition) is 7. The number of amides is 1. The number of aryl methyl sites for hydroxylation is 1. The first kappa shape index (κ1) is 29.0. The lowest BCUT2D eigenvalue weighted by molar-refractivity contribution is -0.152. The molecule has 0 bridgehead atoms. The smallest absolute Gasteiger partial charge is 0.416 e. The summed E-state index contributed by atoms with van der Waals surface area (Å²) in [5, 5.41) is 6.33. The van der Waals surface area contributed by atoms with Gasteiger partial charge in [-0.3, -0.25) is 9.59 Å². The molecule has 214 valence electrons. The van der Waals surface area contributed by atoms with Gasteiger partial charge in [0.25, 0.3) is 5.91 Å². The van der Waals surface area contributed by atoms with Crippen LogP contribution in [0.1, 0.15) is 29.8 Å². The normalized spacial score (nSPS) is 12.5. The van der Waals surface area contributed by atoms with Gasteiger partial charge in [0.2, 0.25) is 6.10 Å². The number of alkyl halides is 3. The number of aliphatic imine (C=N–C) groups is 1. The Morgan fingerprint density at radius 2 is 1.85 bits per heavy atom. The van der Waals surface area contributed by atoms with Gasteiger partial charge in [-0.25, -0.2) is 28.4 Å². The van der Waals surface area contributed by atoms with E-state index >= 15 is 8.78 Å². The number of carbonyl (C=O) groups excluding carboxylic acids is 2. The van der Waals surface area contributed by atoms with Crippen LogP contribution in [0.3, 0.4) is 0 Å². The molecule has 1 unspecified atom stereocenters. The molecule has 0 aliphatic heterocycles. The monoisotopic (exact) mass is 575 g/mol. The molecule has 4 aromatic rings. The van der Waals surface area contributed by atoms with Gasteiger partial charge in [-0.05, 0) is 31.2 Å². The van der Waals surface area contributed by atoms with Crippen molar-refractivity contribution in [1.29, 1.82) is 0 Å². The van der Waals surface area contributed by atoms with Crippen molar-refractivity contribution in [3.63, 3.8) is 0 Å². The van der Waals surface area contributed by atoms with E-state index in [-0.39, 0.29) is 22.6 Å². The highest BCUT2D eigenvalue weighted by Gasteiger charge is 2.33. The molecule has 41 heavy (non-hydrogen) atoms. The van der Waals surface area contributed by atoms with Crippen molar-refractivity contribution in [1.82, 2.24) is 24.6 Å². The predicted molar refractivity (Wildman–Crippen MR) is 138 cm³/mol. The Balaban J connectivity index is 1.72. The second-order valence-corrected chi connectivity index (χ2v) is 8.96. The van der Waals surface area contributed by atoms with Gasteiger partial charge in [-0.2, -0.15) is 18.3 Å². The lowest BCUT2D eigenvalue weighted by atomic mass is 10.0. The summed E-state index contributed by atoms with van der Waals surface area (Å²) >= 11 is 0. The zero-order valence-corrected chi connectivity index (χ0v) is 22.0. The molecule has 0 radical (unpaired) electrons. The van der Waals surface area contributed by atoms with Gasteiger partial charge in [0.1, 0.15) is 23.0 Å². The molecule has 0 fully saturated rings. The average molecular weight is 575 g/mol. The zero-order chi connectivity index (χ0) is 30.1. The van der Waals surface area contributed by atoms with Crippen molar-refractivity contribution < 1.29 is 36.3 Å². The van der Waals surface area contributed by atoms with Crippen molar-refractivity contribution in [2.45, 2.75) is 26.1 Å². The van der Waals surface area contributed by atoms with Gasteiger partial charge in [-0.1, -0.05) is 12.1 Å². The van der Waals surface area contributed by atoms with Crippen LogP contribution in [-0.4, -0.2) is 57.0 Å². The van der Waals surface area contributed by atoms with E-state index in [1.165, 1.54) is 12.7 Å². The minimum atomic E-state index is -4.74. The Hall–Kier alpha value is -4.95. The number of fused-ring (bicyclic) bond motifs is 1. The number of aromatic nitrogens is 4. The summed E-state index contributed by atoms with van der Waals surface area (Å²) in [5.74, 6) is -4.98. The molecule has 1 atom stereocenters. The Bertz CT molecular complexity index is 1670. The first-order chi connectivity index (χ1) is 19.3. The molecule has 2 aromatic heterocycles. The first-order valence-electron chi connectivity index (χ1n) is 11.8. The van der Waals surface area contributed by atoms with Gasteiger partial charge >= 0.3 is 12.1 Å². The van der Waals surface area contributed by atoms with Gasteiger partial charge in [-0.15, -0.1) is 0 Å². The van der Waals surface area contributed by atoms with E-state index in [9.17, 15) is 22.8 Å². The number of rotatable bonds is 7. The van der Waals surface area contributed by atoms with E-state index in [0.29, 0.717) is 17.3 Å². The van der Waals surface area contributed by atoms with Crippen molar-refractivity contribution in [2.75, 3.05) is 19.4 Å². The molecule has 2 heterocycles. The molecule has 10 nitrogen and oxygen atoms in total. The number of hydrogen-bond donors (Lipinski definition) is 1. The first-order valence-corrected chi connectivity index (χ1v) is 11.8. The van der Waals surface area contributed by atoms with Crippen LogP contribution in [0.15, 0.2) is 47.7 Å². The summed E-state index contributed by atoms with van der Waals surface area (Å²) in [6.07, 6.45) is -3.92. The molecule has 0 saturated carbocycles. The fourth-order valence-corrected chi connectivity index (χ4v) is 3.83.